The number of benzene rings is 1. The van der Waals surface area contributed by atoms with E-state index >= 15 is 0 Å². The zero-order valence-corrected chi connectivity index (χ0v) is 8.62. The zero-order chi connectivity index (χ0) is 11.5. The molecule has 2 rings (SSSR count). The highest BCUT2D eigenvalue weighted by molar-refractivity contribution is 6.04. The van der Waals surface area contributed by atoms with Crippen molar-refractivity contribution in [2.75, 3.05) is 5.32 Å². The van der Waals surface area contributed by atoms with Gasteiger partial charge in [-0.05, 0) is 30.7 Å². The molecule has 0 saturated carbocycles. The summed E-state index contributed by atoms with van der Waals surface area (Å²) < 4.78 is 13.0. The highest BCUT2D eigenvalue weighted by Crippen LogP contribution is 2.11. The van der Waals surface area contributed by atoms with E-state index in [0.29, 0.717) is 16.8 Å². The van der Waals surface area contributed by atoms with Crippen LogP contribution < -0.4 is 5.32 Å². The summed E-state index contributed by atoms with van der Waals surface area (Å²) in [7, 11) is 0. The van der Waals surface area contributed by atoms with Crippen LogP contribution in [0.2, 0.25) is 0 Å². The Morgan fingerprint density at radius 1 is 1.50 bits per heavy atom. The third-order valence-electron chi connectivity index (χ3n) is 2.18. The Morgan fingerprint density at radius 3 is 2.94 bits per heavy atom. The number of nitrogens with zero attached hydrogens (tertiary/aromatic N) is 1. The Morgan fingerprint density at radius 2 is 2.31 bits per heavy atom. The molecular formula is C11H10FN3O. The van der Waals surface area contributed by atoms with Crippen molar-refractivity contribution in [2.24, 2.45) is 0 Å². The fourth-order valence-electron chi connectivity index (χ4n) is 1.31. The van der Waals surface area contributed by atoms with E-state index in [1.165, 1.54) is 24.4 Å². The largest absolute Gasteiger partial charge is 0.319 e. The van der Waals surface area contributed by atoms with E-state index in [0.717, 1.165) is 0 Å². The van der Waals surface area contributed by atoms with Crippen molar-refractivity contribution in [2.45, 2.75) is 6.92 Å². The minimum atomic E-state index is -0.320. The second-order valence-corrected chi connectivity index (χ2v) is 3.41. The van der Waals surface area contributed by atoms with Gasteiger partial charge in [0.25, 0.3) is 5.91 Å². The number of hydrogen-bond acceptors (Lipinski definition) is 2. The summed E-state index contributed by atoms with van der Waals surface area (Å²) in [5.74, 6) is -0.607. The van der Waals surface area contributed by atoms with Gasteiger partial charge in [-0.2, -0.15) is 5.10 Å². The molecule has 0 saturated heterocycles. The van der Waals surface area contributed by atoms with Crippen molar-refractivity contribution >= 4 is 11.6 Å². The lowest BCUT2D eigenvalue weighted by atomic mass is 10.1. The average molecular weight is 219 g/mol. The summed E-state index contributed by atoms with van der Waals surface area (Å²) in [6, 6.07) is 4.22. The number of rotatable bonds is 2. The number of halogens is 1. The van der Waals surface area contributed by atoms with Crippen LogP contribution in [0.1, 0.15) is 15.9 Å². The molecule has 0 bridgehead atoms. The molecule has 16 heavy (non-hydrogen) atoms. The van der Waals surface area contributed by atoms with Gasteiger partial charge in [-0.3, -0.25) is 9.89 Å². The van der Waals surface area contributed by atoms with Gasteiger partial charge < -0.3 is 5.32 Å². The predicted octanol–water partition coefficient (Wildman–Crippen LogP) is 2.11. The number of carbonyl (C=O) groups is 1. The first kappa shape index (κ1) is 10.4. The van der Waals surface area contributed by atoms with Gasteiger partial charge in [0, 0.05) is 11.8 Å². The van der Waals surface area contributed by atoms with Crippen LogP contribution in [0.4, 0.5) is 10.1 Å². The number of aromatic amines is 1. The number of amides is 1. The number of hydrogen-bond donors (Lipinski definition) is 2. The van der Waals surface area contributed by atoms with Crippen molar-refractivity contribution in [3.8, 4) is 0 Å². The van der Waals surface area contributed by atoms with Crippen LogP contribution in [0.15, 0.2) is 30.6 Å². The first-order valence-electron chi connectivity index (χ1n) is 4.73. The highest BCUT2D eigenvalue weighted by atomic mass is 19.1. The maximum atomic E-state index is 13.0. The van der Waals surface area contributed by atoms with E-state index in [-0.39, 0.29) is 11.7 Å². The number of anilines is 1. The molecule has 0 spiro atoms. The van der Waals surface area contributed by atoms with Gasteiger partial charge in [-0.1, -0.05) is 0 Å². The lowest BCUT2D eigenvalue weighted by molar-refractivity contribution is 0.102. The monoisotopic (exact) mass is 219 g/mol. The van der Waals surface area contributed by atoms with Gasteiger partial charge in [0.05, 0.1) is 11.9 Å². The summed E-state index contributed by atoms with van der Waals surface area (Å²) in [6.45, 7) is 1.62. The smallest absolute Gasteiger partial charge is 0.255 e. The zero-order valence-electron chi connectivity index (χ0n) is 8.62. The third-order valence-corrected chi connectivity index (χ3v) is 2.18. The van der Waals surface area contributed by atoms with Crippen LogP contribution in [-0.4, -0.2) is 16.1 Å². The molecule has 2 N–H and O–H groups in total. The molecule has 0 unspecified atom stereocenters. The molecule has 0 aliphatic rings. The number of aryl methyl sites for hydroxylation is 1. The Bertz CT molecular complexity index is 508. The van der Waals surface area contributed by atoms with E-state index in [2.05, 4.69) is 15.5 Å². The molecule has 4 nitrogen and oxygen atoms in total. The van der Waals surface area contributed by atoms with Crippen LogP contribution in [-0.2, 0) is 0 Å². The Labute approximate surface area is 91.5 Å². The van der Waals surface area contributed by atoms with Crippen LogP contribution in [0, 0.1) is 12.7 Å². The predicted molar refractivity (Wildman–Crippen MR) is 57.7 cm³/mol. The average Bonchev–Trinajstić information content (AvgIpc) is 2.74. The maximum absolute atomic E-state index is 13.0. The molecule has 1 amide bonds. The van der Waals surface area contributed by atoms with Crippen LogP contribution in [0.3, 0.4) is 0 Å². The van der Waals surface area contributed by atoms with E-state index in [1.807, 2.05) is 0 Å². The number of carbonyl (C=O) groups excluding carboxylic acids is 1. The van der Waals surface area contributed by atoms with E-state index in [1.54, 1.807) is 13.1 Å². The summed E-state index contributed by atoms with van der Waals surface area (Å²) in [5.41, 5.74) is 1.44. The fourth-order valence-corrected chi connectivity index (χ4v) is 1.31. The Hall–Kier alpha value is -2.17. The van der Waals surface area contributed by atoms with Gasteiger partial charge in [0.2, 0.25) is 0 Å². The summed E-state index contributed by atoms with van der Waals surface area (Å²) in [5, 5.41) is 8.91. The molecule has 0 radical (unpaired) electrons. The minimum Gasteiger partial charge on any atom is -0.319 e. The molecule has 1 aromatic carbocycles. The summed E-state index contributed by atoms with van der Waals surface area (Å²) >= 11 is 0. The van der Waals surface area contributed by atoms with Gasteiger partial charge >= 0.3 is 0 Å². The lowest BCUT2D eigenvalue weighted by Gasteiger charge is -2.03. The topological polar surface area (TPSA) is 57.8 Å². The van der Waals surface area contributed by atoms with Crippen molar-refractivity contribution in [1.82, 2.24) is 10.2 Å². The minimum absolute atomic E-state index is 0.287. The van der Waals surface area contributed by atoms with Crippen molar-refractivity contribution in [3.05, 3.63) is 47.5 Å². The molecule has 0 fully saturated rings. The van der Waals surface area contributed by atoms with Crippen LogP contribution >= 0.6 is 0 Å². The van der Waals surface area contributed by atoms with Gasteiger partial charge in [-0.15, -0.1) is 0 Å². The molecule has 2 aromatic rings. The first-order valence-corrected chi connectivity index (χ1v) is 4.73. The quantitative estimate of drug-likeness (QED) is 0.812. The second-order valence-electron chi connectivity index (χ2n) is 3.41. The highest BCUT2D eigenvalue weighted by Gasteiger charge is 2.08. The van der Waals surface area contributed by atoms with Gasteiger partial charge in [-0.25, -0.2) is 4.39 Å². The van der Waals surface area contributed by atoms with Gasteiger partial charge in [0.15, 0.2) is 0 Å². The number of nitrogens with one attached hydrogen (secondary N) is 2. The number of aromatic nitrogens is 2. The first-order chi connectivity index (χ1) is 7.66. The molecule has 1 heterocycles. The third kappa shape index (κ3) is 2.08. The molecule has 1 aromatic heterocycles. The molecule has 5 heteroatoms. The second kappa shape index (κ2) is 4.14. The van der Waals surface area contributed by atoms with E-state index in [4.69, 9.17) is 0 Å². The molecular weight excluding hydrogens is 209 g/mol. The van der Waals surface area contributed by atoms with Gasteiger partial charge in [0.1, 0.15) is 5.82 Å². The SMILES string of the molecule is Cc1cc(C(=O)Nc2cn[nH]c2)ccc1F. The number of H-pyrrole nitrogens is 1. The fraction of sp³-hybridized carbons (Fsp3) is 0.0909. The molecule has 0 aliphatic carbocycles. The van der Waals surface area contributed by atoms with Crippen molar-refractivity contribution in [1.29, 1.82) is 0 Å². The standard InChI is InChI=1S/C11H10FN3O/c1-7-4-8(2-3-10(7)12)11(16)15-9-5-13-14-6-9/h2-6H,1H3,(H,13,14)(H,15,16). The Kier molecular flexibility index (Phi) is 2.68. The summed E-state index contributed by atoms with van der Waals surface area (Å²) in [4.78, 5) is 11.7. The molecule has 0 atom stereocenters. The van der Waals surface area contributed by atoms with E-state index in [9.17, 15) is 9.18 Å². The van der Waals surface area contributed by atoms with Crippen LogP contribution in [0.25, 0.3) is 0 Å². The van der Waals surface area contributed by atoms with E-state index < -0.39 is 0 Å². The van der Waals surface area contributed by atoms with Crippen LogP contribution in [0.5, 0.6) is 0 Å². The molecule has 0 aliphatic heterocycles. The molecule has 82 valence electrons. The lowest BCUT2D eigenvalue weighted by Crippen LogP contribution is -2.11. The van der Waals surface area contributed by atoms with Crippen molar-refractivity contribution in [3.63, 3.8) is 0 Å². The normalized spacial score (nSPS) is 10.1. The van der Waals surface area contributed by atoms with Crippen molar-refractivity contribution < 1.29 is 9.18 Å². The maximum Gasteiger partial charge on any atom is 0.255 e. The Balaban J connectivity index is 2.18. The summed E-state index contributed by atoms with van der Waals surface area (Å²) in [6.07, 6.45) is 3.06.